The lowest BCUT2D eigenvalue weighted by molar-refractivity contribution is 0.102. The maximum absolute atomic E-state index is 13.2. The highest BCUT2D eigenvalue weighted by atomic mass is 19.1. The van der Waals surface area contributed by atoms with Crippen molar-refractivity contribution in [3.8, 4) is 5.75 Å². The SMILES string of the molecule is CC(C)c1ccccc1NC(=O)c1cc(F)ccc1O. The lowest BCUT2D eigenvalue weighted by atomic mass is 10.0. The first-order chi connectivity index (χ1) is 9.49. The van der Waals surface area contributed by atoms with Crippen LogP contribution in [0.25, 0.3) is 0 Å². The molecule has 0 radical (unpaired) electrons. The van der Waals surface area contributed by atoms with E-state index in [1.54, 1.807) is 6.07 Å². The molecular formula is C16H16FNO2. The minimum atomic E-state index is -0.565. The van der Waals surface area contributed by atoms with E-state index in [2.05, 4.69) is 5.32 Å². The van der Waals surface area contributed by atoms with Crippen LogP contribution in [0.5, 0.6) is 5.75 Å². The van der Waals surface area contributed by atoms with Gasteiger partial charge in [-0.1, -0.05) is 32.0 Å². The molecule has 0 aliphatic heterocycles. The number of hydrogen-bond donors (Lipinski definition) is 2. The molecule has 0 saturated carbocycles. The summed E-state index contributed by atoms with van der Waals surface area (Å²) >= 11 is 0. The molecule has 0 spiro atoms. The van der Waals surface area contributed by atoms with Gasteiger partial charge in [0.05, 0.1) is 5.56 Å². The van der Waals surface area contributed by atoms with Crippen LogP contribution in [-0.2, 0) is 0 Å². The van der Waals surface area contributed by atoms with Gasteiger partial charge in [0.2, 0.25) is 0 Å². The summed E-state index contributed by atoms with van der Waals surface area (Å²) in [6, 6.07) is 10.7. The van der Waals surface area contributed by atoms with Crippen LogP contribution in [-0.4, -0.2) is 11.0 Å². The Balaban J connectivity index is 2.31. The quantitative estimate of drug-likeness (QED) is 0.890. The second-order valence-electron chi connectivity index (χ2n) is 4.86. The van der Waals surface area contributed by atoms with E-state index in [1.807, 2.05) is 32.0 Å². The van der Waals surface area contributed by atoms with E-state index in [0.717, 1.165) is 17.7 Å². The molecule has 20 heavy (non-hydrogen) atoms. The van der Waals surface area contributed by atoms with Crippen LogP contribution in [0.1, 0.15) is 35.7 Å². The van der Waals surface area contributed by atoms with Crippen LogP contribution >= 0.6 is 0 Å². The second kappa shape index (κ2) is 5.74. The highest BCUT2D eigenvalue weighted by Gasteiger charge is 2.14. The first-order valence-corrected chi connectivity index (χ1v) is 6.38. The standard InChI is InChI=1S/C16H16FNO2/c1-10(2)12-5-3-4-6-14(12)18-16(20)13-9-11(17)7-8-15(13)19/h3-10,19H,1-2H3,(H,18,20). The van der Waals surface area contributed by atoms with Gasteiger partial charge in [-0.15, -0.1) is 0 Å². The Labute approximate surface area is 117 Å². The van der Waals surface area contributed by atoms with E-state index in [1.165, 1.54) is 6.07 Å². The highest BCUT2D eigenvalue weighted by molar-refractivity contribution is 6.06. The normalized spacial score (nSPS) is 10.6. The molecule has 0 aliphatic carbocycles. The summed E-state index contributed by atoms with van der Waals surface area (Å²) in [6.07, 6.45) is 0. The van der Waals surface area contributed by atoms with E-state index in [0.29, 0.717) is 5.69 Å². The Morgan fingerprint density at radius 2 is 1.90 bits per heavy atom. The van der Waals surface area contributed by atoms with Gasteiger partial charge in [-0.05, 0) is 35.7 Å². The Morgan fingerprint density at radius 1 is 1.20 bits per heavy atom. The molecule has 2 aromatic carbocycles. The average Bonchev–Trinajstić information content (AvgIpc) is 2.41. The summed E-state index contributed by atoms with van der Waals surface area (Å²) in [7, 11) is 0. The predicted molar refractivity (Wildman–Crippen MR) is 76.5 cm³/mol. The predicted octanol–water partition coefficient (Wildman–Crippen LogP) is 3.91. The number of phenols is 1. The summed E-state index contributed by atoms with van der Waals surface area (Å²) in [5, 5.41) is 12.3. The summed E-state index contributed by atoms with van der Waals surface area (Å²) in [5.74, 6) is -1.10. The molecule has 104 valence electrons. The van der Waals surface area contributed by atoms with E-state index >= 15 is 0 Å². The number of nitrogens with one attached hydrogen (secondary N) is 1. The third-order valence-corrected chi connectivity index (χ3v) is 3.03. The number of hydrogen-bond acceptors (Lipinski definition) is 2. The topological polar surface area (TPSA) is 49.3 Å². The van der Waals surface area contributed by atoms with Crippen molar-refractivity contribution in [2.24, 2.45) is 0 Å². The molecule has 2 aromatic rings. The number of benzene rings is 2. The van der Waals surface area contributed by atoms with Crippen molar-refractivity contribution in [3.05, 3.63) is 59.4 Å². The Kier molecular flexibility index (Phi) is 4.03. The zero-order valence-electron chi connectivity index (χ0n) is 11.4. The van der Waals surface area contributed by atoms with Crippen LogP contribution in [0.15, 0.2) is 42.5 Å². The van der Waals surface area contributed by atoms with Crippen LogP contribution in [0.2, 0.25) is 0 Å². The van der Waals surface area contributed by atoms with E-state index in [4.69, 9.17) is 0 Å². The molecule has 0 aliphatic rings. The third kappa shape index (κ3) is 2.96. The van der Waals surface area contributed by atoms with Crippen LogP contribution in [0.4, 0.5) is 10.1 Å². The maximum Gasteiger partial charge on any atom is 0.259 e. The van der Waals surface area contributed by atoms with Crippen LogP contribution < -0.4 is 5.32 Å². The molecule has 2 rings (SSSR count). The number of carbonyl (C=O) groups excluding carboxylic acids is 1. The maximum atomic E-state index is 13.2. The van der Waals surface area contributed by atoms with Gasteiger partial charge in [0.15, 0.2) is 0 Å². The molecule has 0 saturated heterocycles. The summed E-state index contributed by atoms with van der Waals surface area (Å²) in [5.41, 5.74) is 1.57. The van der Waals surface area contributed by atoms with Crippen molar-refractivity contribution in [1.82, 2.24) is 0 Å². The fourth-order valence-electron chi connectivity index (χ4n) is 1.99. The lowest BCUT2D eigenvalue weighted by Gasteiger charge is -2.14. The van der Waals surface area contributed by atoms with E-state index in [-0.39, 0.29) is 17.2 Å². The number of aromatic hydroxyl groups is 1. The van der Waals surface area contributed by atoms with Gasteiger partial charge >= 0.3 is 0 Å². The fourth-order valence-corrected chi connectivity index (χ4v) is 1.99. The molecule has 0 bridgehead atoms. The Hall–Kier alpha value is -2.36. The van der Waals surface area contributed by atoms with E-state index < -0.39 is 11.7 Å². The molecule has 0 aromatic heterocycles. The van der Waals surface area contributed by atoms with Gasteiger partial charge in [-0.25, -0.2) is 4.39 Å². The summed E-state index contributed by atoms with van der Waals surface area (Å²) < 4.78 is 13.2. The van der Waals surface area contributed by atoms with Crippen molar-refractivity contribution in [3.63, 3.8) is 0 Å². The molecule has 0 fully saturated rings. The number of anilines is 1. The van der Waals surface area contributed by atoms with Crippen molar-refractivity contribution < 1.29 is 14.3 Å². The molecule has 4 heteroatoms. The largest absolute Gasteiger partial charge is 0.507 e. The number of amides is 1. The van der Waals surface area contributed by atoms with Gasteiger partial charge in [-0.2, -0.15) is 0 Å². The van der Waals surface area contributed by atoms with Gasteiger partial charge in [0.25, 0.3) is 5.91 Å². The number of carbonyl (C=O) groups is 1. The van der Waals surface area contributed by atoms with Crippen molar-refractivity contribution in [2.45, 2.75) is 19.8 Å². The van der Waals surface area contributed by atoms with Crippen molar-refractivity contribution in [1.29, 1.82) is 0 Å². The first-order valence-electron chi connectivity index (χ1n) is 6.38. The Bertz CT molecular complexity index is 638. The van der Waals surface area contributed by atoms with Gasteiger partial charge < -0.3 is 10.4 Å². The van der Waals surface area contributed by atoms with Crippen molar-refractivity contribution >= 4 is 11.6 Å². The second-order valence-corrected chi connectivity index (χ2v) is 4.86. The molecule has 0 unspecified atom stereocenters. The molecular weight excluding hydrogens is 257 g/mol. The monoisotopic (exact) mass is 273 g/mol. The number of phenolic OH excluding ortho intramolecular Hbond substituents is 1. The molecule has 0 atom stereocenters. The van der Waals surface area contributed by atoms with Gasteiger partial charge in [-0.3, -0.25) is 4.79 Å². The van der Waals surface area contributed by atoms with Gasteiger partial charge in [0, 0.05) is 5.69 Å². The van der Waals surface area contributed by atoms with Gasteiger partial charge in [0.1, 0.15) is 11.6 Å². The number of para-hydroxylation sites is 1. The minimum absolute atomic E-state index is 0.0800. The zero-order chi connectivity index (χ0) is 14.7. The number of rotatable bonds is 3. The highest BCUT2D eigenvalue weighted by Crippen LogP contribution is 2.25. The average molecular weight is 273 g/mol. The first kappa shape index (κ1) is 14.1. The zero-order valence-corrected chi connectivity index (χ0v) is 11.4. The summed E-state index contributed by atoms with van der Waals surface area (Å²) in [4.78, 5) is 12.1. The third-order valence-electron chi connectivity index (χ3n) is 3.03. The molecule has 1 amide bonds. The lowest BCUT2D eigenvalue weighted by Crippen LogP contribution is -2.14. The number of halogens is 1. The molecule has 2 N–H and O–H groups in total. The van der Waals surface area contributed by atoms with Crippen LogP contribution in [0.3, 0.4) is 0 Å². The van der Waals surface area contributed by atoms with Crippen LogP contribution in [0, 0.1) is 5.82 Å². The molecule has 3 nitrogen and oxygen atoms in total. The Morgan fingerprint density at radius 3 is 2.60 bits per heavy atom. The summed E-state index contributed by atoms with van der Waals surface area (Å²) in [6.45, 7) is 4.04. The molecule has 0 heterocycles. The van der Waals surface area contributed by atoms with E-state index in [9.17, 15) is 14.3 Å². The smallest absolute Gasteiger partial charge is 0.259 e. The fraction of sp³-hybridized carbons (Fsp3) is 0.188. The minimum Gasteiger partial charge on any atom is -0.507 e. The van der Waals surface area contributed by atoms with Crippen molar-refractivity contribution in [2.75, 3.05) is 5.32 Å².